The highest BCUT2D eigenvalue weighted by Crippen LogP contribution is 2.11. The van der Waals surface area contributed by atoms with Crippen LogP contribution in [0.4, 0.5) is 0 Å². The Morgan fingerprint density at radius 1 is 1.22 bits per heavy atom. The molecule has 1 amide bonds. The molecule has 0 fully saturated rings. The van der Waals surface area contributed by atoms with Crippen molar-refractivity contribution in [3.05, 3.63) is 53.6 Å². The molecule has 0 saturated carbocycles. The number of carbonyl (C=O) groups is 1. The van der Waals surface area contributed by atoms with Crippen molar-refractivity contribution >= 4 is 12.0 Å². The minimum atomic E-state index is 0.0309. The Labute approximate surface area is 161 Å². The van der Waals surface area contributed by atoms with Gasteiger partial charge in [-0.3, -0.25) is 9.69 Å². The number of rotatable bonds is 7. The number of benzene rings is 1. The molecule has 6 heteroatoms. The van der Waals surface area contributed by atoms with Crippen LogP contribution in [0.5, 0.6) is 0 Å². The van der Waals surface area contributed by atoms with E-state index in [1.54, 1.807) is 0 Å². The van der Waals surface area contributed by atoms with Gasteiger partial charge in [-0.15, -0.1) is 10.2 Å². The van der Waals surface area contributed by atoms with Gasteiger partial charge >= 0.3 is 0 Å². The quantitative estimate of drug-likeness (QED) is 0.817. The SMILES string of the molecule is CCC(C)C(=O)NCc1nnc2n1CCN(C/C=C/c1ccccc1)CC2. The van der Waals surface area contributed by atoms with E-state index in [2.05, 4.69) is 61.4 Å². The second-order valence-corrected chi connectivity index (χ2v) is 7.07. The Hall–Kier alpha value is -2.47. The molecule has 1 unspecified atom stereocenters. The fourth-order valence-corrected chi connectivity index (χ4v) is 3.17. The number of fused-ring (bicyclic) bond motifs is 1. The van der Waals surface area contributed by atoms with E-state index in [0.29, 0.717) is 6.54 Å². The number of carbonyl (C=O) groups excluding carboxylic acids is 1. The first-order chi connectivity index (χ1) is 13.2. The lowest BCUT2D eigenvalue weighted by atomic mass is 10.1. The number of hydrogen-bond donors (Lipinski definition) is 1. The normalized spacial score (nSPS) is 16.1. The highest BCUT2D eigenvalue weighted by Gasteiger charge is 2.19. The highest BCUT2D eigenvalue weighted by atomic mass is 16.1. The second-order valence-electron chi connectivity index (χ2n) is 7.07. The van der Waals surface area contributed by atoms with E-state index in [1.165, 1.54) is 5.56 Å². The van der Waals surface area contributed by atoms with Gasteiger partial charge in [0.2, 0.25) is 5.91 Å². The Balaban J connectivity index is 1.53. The molecule has 144 valence electrons. The van der Waals surface area contributed by atoms with Crippen molar-refractivity contribution in [1.82, 2.24) is 25.0 Å². The largest absolute Gasteiger partial charge is 0.349 e. The smallest absolute Gasteiger partial charge is 0.223 e. The summed E-state index contributed by atoms with van der Waals surface area (Å²) in [6.07, 6.45) is 6.11. The Morgan fingerprint density at radius 2 is 2.04 bits per heavy atom. The summed E-state index contributed by atoms with van der Waals surface area (Å²) < 4.78 is 2.16. The summed E-state index contributed by atoms with van der Waals surface area (Å²) in [6, 6.07) is 10.4. The molecule has 0 saturated heterocycles. The molecule has 1 atom stereocenters. The van der Waals surface area contributed by atoms with Crippen LogP contribution < -0.4 is 5.32 Å². The first-order valence-corrected chi connectivity index (χ1v) is 9.80. The Morgan fingerprint density at radius 3 is 2.81 bits per heavy atom. The minimum Gasteiger partial charge on any atom is -0.349 e. The predicted octanol–water partition coefficient (Wildman–Crippen LogP) is 2.51. The second kappa shape index (κ2) is 9.46. The standard InChI is InChI=1S/C21H29N5O/c1-3-17(2)21(27)22-16-20-24-23-19-11-13-25(14-15-26(19)20)12-7-10-18-8-5-4-6-9-18/h4-10,17H,3,11-16H2,1-2H3,(H,22,27)/b10-7+. The van der Waals surface area contributed by atoms with Crippen molar-refractivity contribution < 1.29 is 4.79 Å². The zero-order chi connectivity index (χ0) is 19.1. The van der Waals surface area contributed by atoms with Crippen molar-refractivity contribution in [3.8, 4) is 0 Å². The van der Waals surface area contributed by atoms with E-state index < -0.39 is 0 Å². The molecule has 6 nitrogen and oxygen atoms in total. The summed E-state index contributed by atoms with van der Waals surface area (Å²) >= 11 is 0. The monoisotopic (exact) mass is 367 g/mol. The highest BCUT2D eigenvalue weighted by molar-refractivity contribution is 5.78. The van der Waals surface area contributed by atoms with Crippen LogP contribution in [-0.4, -0.2) is 45.2 Å². The first-order valence-electron chi connectivity index (χ1n) is 9.80. The van der Waals surface area contributed by atoms with Crippen LogP contribution in [0.25, 0.3) is 6.08 Å². The Bertz CT molecular complexity index is 768. The van der Waals surface area contributed by atoms with E-state index in [-0.39, 0.29) is 11.8 Å². The van der Waals surface area contributed by atoms with Gasteiger partial charge in [-0.1, -0.05) is 56.3 Å². The van der Waals surface area contributed by atoms with Gasteiger partial charge in [0.15, 0.2) is 5.82 Å². The maximum Gasteiger partial charge on any atom is 0.223 e. The maximum absolute atomic E-state index is 12.0. The van der Waals surface area contributed by atoms with Gasteiger partial charge in [0.05, 0.1) is 6.54 Å². The lowest BCUT2D eigenvalue weighted by molar-refractivity contribution is -0.124. The van der Waals surface area contributed by atoms with Crippen molar-refractivity contribution in [2.45, 2.75) is 39.8 Å². The molecular weight excluding hydrogens is 338 g/mol. The van der Waals surface area contributed by atoms with E-state index in [4.69, 9.17) is 0 Å². The molecule has 2 aromatic rings. The van der Waals surface area contributed by atoms with Gasteiger partial charge in [-0.2, -0.15) is 0 Å². The van der Waals surface area contributed by atoms with Gasteiger partial charge in [0.1, 0.15) is 5.82 Å². The summed E-state index contributed by atoms with van der Waals surface area (Å²) in [7, 11) is 0. The first kappa shape index (κ1) is 19.3. The lowest BCUT2D eigenvalue weighted by Gasteiger charge is -2.17. The minimum absolute atomic E-state index is 0.0309. The summed E-state index contributed by atoms with van der Waals surface area (Å²) in [5, 5.41) is 11.6. The van der Waals surface area contributed by atoms with Crippen LogP contribution in [0.2, 0.25) is 0 Å². The molecule has 1 aliphatic rings. The van der Waals surface area contributed by atoms with Crippen LogP contribution in [0.3, 0.4) is 0 Å². The molecule has 2 heterocycles. The third-order valence-corrected chi connectivity index (χ3v) is 5.15. The average molecular weight is 367 g/mol. The molecule has 1 aromatic carbocycles. The van der Waals surface area contributed by atoms with Crippen LogP contribution in [0.15, 0.2) is 36.4 Å². The van der Waals surface area contributed by atoms with E-state index in [1.807, 2.05) is 19.9 Å². The number of hydrogen-bond acceptors (Lipinski definition) is 4. The third-order valence-electron chi connectivity index (χ3n) is 5.15. The van der Waals surface area contributed by atoms with Gasteiger partial charge in [-0.05, 0) is 12.0 Å². The van der Waals surface area contributed by atoms with Crippen molar-refractivity contribution in [3.63, 3.8) is 0 Å². The molecule has 1 aromatic heterocycles. The van der Waals surface area contributed by atoms with Gasteiger partial charge in [0, 0.05) is 38.5 Å². The Kier molecular flexibility index (Phi) is 6.76. The number of amides is 1. The lowest BCUT2D eigenvalue weighted by Crippen LogP contribution is -2.30. The van der Waals surface area contributed by atoms with Crippen LogP contribution in [-0.2, 0) is 24.3 Å². The maximum atomic E-state index is 12.0. The fourth-order valence-electron chi connectivity index (χ4n) is 3.17. The van der Waals surface area contributed by atoms with E-state index >= 15 is 0 Å². The zero-order valence-electron chi connectivity index (χ0n) is 16.3. The van der Waals surface area contributed by atoms with Gasteiger partial charge in [-0.25, -0.2) is 0 Å². The summed E-state index contributed by atoms with van der Waals surface area (Å²) in [4.78, 5) is 14.4. The molecule has 0 aliphatic carbocycles. The number of nitrogens with one attached hydrogen (secondary N) is 1. The summed E-state index contributed by atoms with van der Waals surface area (Å²) in [6.45, 7) is 8.12. The molecule has 27 heavy (non-hydrogen) atoms. The van der Waals surface area contributed by atoms with Crippen molar-refractivity contribution in [2.24, 2.45) is 5.92 Å². The van der Waals surface area contributed by atoms with Crippen LogP contribution in [0.1, 0.15) is 37.5 Å². The van der Waals surface area contributed by atoms with Crippen LogP contribution >= 0.6 is 0 Å². The molecule has 0 spiro atoms. The molecule has 3 rings (SSSR count). The summed E-state index contributed by atoms with van der Waals surface area (Å²) in [5.74, 6) is 1.97. The van der Waals surface area contributed by atoms with E-state index in [9.17, 15) is 4.79 Å². The molecule has 0 bridgehead atoms. The number of nitrogens with zero attached hydrogens (tertiary/aromatic N) is 4. The fraction of sp³-hybridized carbons (Fsp3) is 0.476. The average Bonchev–Trinajstić information content (AvgIpc) is 2.98. The molecule has 1 aliphatic heterocycles. The predicted molar refractivity (Wildman–Crippen MR) is 107 cm³/mol. The number of aromatic nitrogens is 3. The molecular formula is C21H29N5O. The van der Waals surface area contributed by atoms with Gasteiger partial charge < -0.3 is 9.88 Å². The summed E-state index contributed by atoms with van der Waals surface area (Å²) in [5.41, 5.74) is 1.23. The molecule has 1 N–H and O–H groups in total. The zero-order valence-corrected chi connectivity index (χ0v) is 16.3. The van der Waals surface area contributed by atoms with Crippen molar-refractivity contribution in [2.75, 3.05) is 19.6 Å². The molecule has 0 radical (unpaired) electrons. The van der Waals surface area contributed by atoms with Crippen LogP contribution in [0, 0.1) is 5.92 Å². The van der Waals surface area contributed by atoms with E-state index in [0.717, 1.165) is 50.7 Å². The van der Waals surface area contributed by atoms with Gasteiger partial charge in [0.25, 0.3) is 0 Å². The third kappa shape index (κ3) is 5.26. The van der Waals surface area contributed by atoms with Crippen molar-refractivity contribution in [1.29, 1.82) is 0 Å². The topological polar surface area (TPSA) is 63.1 Å².